The van der Waals surface area contributed by atoms with Gasteiger partial charge in [0.05, 0.1) is 50.4 Å². The van der Waals surface area contributed by atoms with Gasteiger partial charge in [-0.25, -0.2) is 9.98 Å². The Kier molecular flexibility index (Phi) is 8.76. The zero-order valence-electron chi connectivity index (χ0n) is 35.4. The summed E-state index contributed by atoms with van der Waals surface area (Å²) in [7, 11) is 0. The molecule has 0 bridgehead atoms. The monoisotopic (exact) mass is 863 g/mol. The zero-order chi connectivity index (χ0) is 43.7. The van der Waals surface area contributed by atoms with E-state index >= 15 is 0 Å². The summed E-state index contributed by atoms with van der Waals surface area (Å²) in [6.07, 6.45) is -0.436. The molecule has 2 aromatic heterocycles. The molecule has 66 heavy (non-hydrogen) atoms. The van der Waals surface area contributed by atoms with Crippen molar-refractivity contribution in [1.82, 2.24) is 14.5 Å². The molecular weight excluding hydrogens is 827 g/mol. The average Bonchev–Trinajstić information content (AvgIpc) is 3.91. The molecule has 13 rings (SSSR count). The van der Waals surface area contributed by atoms with Gasteiger partial charge in [-0.05, 0) is 66.2 Å². The Labute approximate surface area is 384 Å². The Morgan fingerprint density at radius 3 is 1.70 bits per heavy atom. The number of para-hydroxylation sites is 5. The zero-order valence-corrected chi connectivity index (χ0v) is 36.2. The van der Waals surface area contributed by atoms with Gasteiger partial charge < -0.3 is 19.4 Å². The third-order valence-corrected chi connectivity index (χ3v) is 13.9. The summed E-state index contributed by atoms with van der Waals surface area (Å²) in [5, 5.41) is 19.8. The average molecular weight is 864 g/mol. The first-order valence-corrected chi connectivity index (χ1v) is 22.8. The second kappa shape index (κ2) is 15.3. The van der Waals surface area contributed by atoms with Crippen molar-refractivity contribution in [3.63, 3.8) is 0 Å². The summed E-state index contributed by atoms with van der Waals surface area (Å²) < 4.78 is 4.71. The molecule has 2 aliphatic heterocycles. The van der Waals surface area contributed by atoms with E-state index in [1.54, 1.807) is 11.8 Å². The van der Waals surface area contributed by atoms with E-state index < -0.39 is 6.17 Å². The van der Waals surface area contributed by atoms with Crippen LogP contribution in [0.5, 0.6) is 0 Å². The molecule has 0 spiro atoms. The molecule has 0 fully saturated rings. The molecule has 9 aromatic carbocycles. The largest absolute Gasteiger partial charge is 0.344 e. The maximum atomic E-state index is 11.6. The van der Waals surface area contributed by atoms with E-state index in [2.05, 4.69) is 183 Å². The number of nitrogens with one attached hydrogen (secondary N) is 1. The van der Waals surface area contributed by atoms with Gasteiger partial charge in [-0.1, -0.05) is 163 Å². The molecule has 0 radical (unpaired) electrons. The van der Waals surface area contributed by atoms with Crippen LogP contribution < -0.4 is 10.2 Å². The highest BCUT2D eigenvalue weighted by Gasteiger charge is 2.32. The second-order valence-corrected chi connectivity index (χ2v) is 17.6. The lowest BCUT2D eigenvalue weighted by molar-refractivity contribution is 0.674. The quantitative estimate of drug-likeness (QED) is 0.181. The van der Waals surface area contributed by atoms with Crippen LogP contribution in [-0.2, 0) is 0 Å². The summed E-state index contributed by atoms with van der Waals surface area (Å²) in [5.41, 5.74) is 12.2. The lowest BCUT2D eigenvalue weighted by atomic mass is 10.0. The Morgan fingerprint density at radius 2 is 1.05 bits per heavy atom. The number of fused-ring (bicyclic) bond motifs is 9. The van der Waals surface area contributed by atoms with Crippen LogP contribution in [0.4, 0.5) is 17.1 Å². The summed E-state index contributed by atoms with van der Waals surface area (Å²) in [5.74, 6) is 1.23. The van der Waals surface area contributed by atoms with E-state index in [-0.39, 0.29) is 0 Å². The summed E-state index contributed by atoms with van der Waals surface area (Å²) in [6, 6.07) is 76.7. The smallest absolute Gasteiger partial charge is 0.159 e. The Morgan fingerprint density at radius 1 is 0.500 bits per heavy atom. The van der Waals surface area contributed by atoms with Crippen molar-refractivity contribution in [2.24, 2.45) is 9.98 Å². The van der Waals surface area contributed by atoms with Crippen molar-refractivity contribution in [3.05, 3.63) is 235 Å². The highest BCUT2D eigenvalue weighted by molar-refractivity contribution is 7.99. The van der Waals surface area contributed by atoms with E-state index in [0.717, 1.165) is 98.5 Å². The number of hydrogen-bond donors (Lipinski definition) is 1. The number of aromatic nitrogens is 2. The van der Waals surface area contributed by atoms with Gasteiger partial charge >= 0.3 is 0 Å². The molecule has 1 unspecified atom stereocenters. The highest BCUT2D eigenvalue weighted by atomic mass is 32.2. The topological polar surface area (TPSA) is 73.6 Å². The molecule has 0 aliphatic carbocycles. The fraction of sp³-hybridized carbons (Fsp3) is 0.0172. The van der Waals surface area contributed by atoms with Gasteiger partial charge in [-0.15, -0.1) is 0 Å². The molecule has 4 heterocycles. The minimum Gasteiger partial charge on any atom is -0.344 e. The summed E-state index contributed by atoms with van der Waals surface area (Å²) in [4.78, 5) is 15.1. The maximum absolute atomic E-state index is 11.6. The van der Waals surface area contributed by atoms with Crippen molar-refractivity contribution in [2.75, 3.05) is 4.90 Å². The van der Waals surface area contributed by atoms with Gasteiger partial charge in [0.1, 0.15) is 18.1 Å². The number of amidine groups is 2. The molecule has 310 valence electrons. The highest BCUT2D eigenvalue weighted by Crippen LogP contribution is 2.53. The maximum Gasteiger partial charge on any atom is 0.159 e. The van der Waals surface area contributed by atoms with E-state index in [0.29, 0.717) is 17.2 Å². The van der Waals surface area contributed by atoms with E-state index in [9.17, 15) is 5.26 Å². The number of nitriles is 1. The molecule has 7 nitrogen and oxygen atoms in total. The predicted octanol–water partition coefficient (Wildman–Crippen LogP) is 14.2. The van der Waals surface area contributed by atoms with Crippen molar-refractivity contribution < 1.29 is 0 Å². The Bertz CT molecular complexity index is 3800. The number of aliphatic imine (C=N–C) groups is 2. The number of benzene rings is 9. The van der Waals surface area contributed by atoms with Crippen molar-refractivity contribution in [3.8, 4) is 17.4 Å². The van der Waals surface area contributed by atoms with Gasteiger partial charge in [-0.3, -0.25) is 0 Å². The minimum atomic E-state index is -0.436. The third kappa shape index (κ3) is 5.91. The van der Waals surface area contributed by atoms with Gasteiger partial charge in [0.2, 0.25) is 0 Å². The fourth-order valence-corrected chi connectivity index (χ4v) is 11.0. The Hall–Kier alpha value is -8.64. The molecule has 1 atom stereocenters. The molecule has 0 amide bonds. The molecular formula is C58H37N7S. The number of hydrogen-bond acceptors (Lipinski definition) is 6. The number of nitrogens with zero attached hydrogens (tertiary/aromatic N) is 6. The van der Waals surface area contributed by atoms with E-state index in [1.165, 1.54) is 0 Å². The van der Waals surface area contributed by atoms with Crippen molar-refractivity contribution >= 4 is 84.1 Å². The number of anilines is 3. The van der Waals surface area contributed by atoms with Crippen LogP contribution in [0.25, 0.3) is 55.0 Å². The number of rotatable bonds is 6. The van der Waals surface area contributed by atoms with Crippen LogP contribution in [0.2, 0.25) is 0 Å². The third-order valence-electron chi connectivity index (χ3n) is 12.8. The molecule has 1 N–H and O–H groups in total. The van der Waals surface area contributed by atoms with Gasteiger partial charge in [0.15, 0.2) is 5.84 Å². The molecule has 0 saturated carbocycles. The lowest BCUT2D eigenvalue weighted by Gasteiger charge is -2.35. The van der Waals surface area contributed by atoms with Crippen LogP contribution in [0.15, 0.2) is 232 Å². The van der Waals surface area contributed by atoms with Gasteiger partial charge in [0.25, 0.3) is 0 Å². The standard InChI is InChI=1S/C58H37N7S/c59-36-39-34-45(58-61-56(37-18-4-1-5-19-37)60-57(62-58)38-20-6-2-7-21-38)51(64-48-28-14-16-30-52(48)66-53-31-17-15-29-49(53)64)35-50(39)65-47-27-13-11-25-42(47)44-33-32-43-41-24-10-12-26-46(41)63(54(43)55(44)65)40-22-8-3-9-23-40/h1-35,56H,(H,60,61,62). The van der Waals surface area contributed by atoms with Crippen molar-refractivity contribution in [1.29, 1.82) is 5.26 Å². The van der Waals surface area contributed by atoms with Crippen LogP contribution in [0, 0.1) is 11.3 Å². The van der Waals surface area contributed by atoms with E-state index in [4.69, 9.17) is 9.98 Å². The van der Waals surface area contributed by atoms with Crippen LogP contribution >= 0.6 is 11.8 Å². The predicted molar refractivity (Wildman–Crippen MR) is 270 cm³/mol. The lowest BCUT2D eigenvalue weighted by Crippen LogP contribution is -2.34. The van der Waals surface area contributed by atoms with Crippen LogP contribution in [-0.4, -0.2) is 20.8 Å². The Balaban J connectivity index is 1.16. The first-order chi connectivity index (χ1) is 32.7. The minimum absolute atomic E-state index is 0.436. The normalized spacial score (nSPS) is 14.4. The van der Waals surface area contributed by atoms with Crippen molar-refractivity contribution in [2.45, 2.75) is 16.0 Å². The van der Waals surface area contributed by atoms with Gasteiger partial charge in [0, 0.05) is 48.2 Å². The summed E-state index contributed by atoms with van der Waals surface area (Å²) in [6.45, 7) is 0. The molecule has 8 heteroatoms. The van der Waals surface area contributed by atoms with E-state index in [1.807, 2.05) is 54.6 Å². The van der Waals surface area contributed by atoms with Gasteiger partial charge in [-0.2, -0.15) is 5.26 Å². The summed E-state index contributed by atoms with van der Waals surface area (Å²) >= 11 is 1.77. The first kappa shape index (κ1) is 37.9. The first-order valence-electron chi connectivity index (χ1n) is 22.0. The van der Waals surface area contributed by atoms with Crippen LogP contribution in [0.1, 0.15) is 28.4 Å². The SMILES string of the molecule is N#Cc1cc(C2=NC(c3ccccc3)=NC(c3ccccc3)N2)c(N2c3ccccc3Sc3ccccc32)cc1-n1c2ccccc2c2ccc3c4ccccc4n(-c4ccccc4)c3c21. The van der Waals surface area contributed by atoms with Crippen LogP contribution in [0.3, 0.4) is 0 Å². The molecule has 2 aliphatic rings. The molecule has 11 aromatic rings. The molecule has 0 saturated heterocycles. The fourth-order valence-electron chi connectivity index (χ4n) is 9.90. The second-order valence-electron chi connectivity index (χ2n) is 16.5.